The van der Waals surface area contributed by atoms with Crippen LogP contribution >= 0.6 is 11.6 Å². The highest BCUT2D eigenvalue weighted by Crippen LogP contribution is 2.26. The quantitative estimate of drug-likeness (QED) is 0.367. The van der Waals surface area contributed by atoms with Crippen LogP contribution in [-0.2, 0) is 4.79 Å². The molecule has 19 heavy (non-hydrogen) atoms. The number of hydrogen-bond acceptors (Lipinski definition) is 5. The first-order valence-corrected chi connectivity index (χ1v) is 5.56. The summed E-state index contributed by atoms with van der Waals surface area (Å²) in [7, 11) is 0. The van der Waals surface area contributed by atoms with Gasteiger partial charge in [0.2, 0.25) is 0 Å². The van der Waals surface area contributed by atoms with Crippen molar-refractivity contribution < 1.29 is 24.7 Å². The third kappa shape index (κ3) is 3.27. The van der Waals surface area contributed by atoms with Crippen molar-refractivity contribution >= 4 is 29.0 Å². The first kappa shape index (κ1) is 15.1. The summed E-state index contributed by atoms with van der Waals surface area (Å²) in [6.45, 7) is 1.38. The topological polar surface area (TPSA) is 118 Å². The van der Waals surface area contributed by atoms with E-state index in [0.29, 0.717) is 0 Å². The molecule has 1 aromatic rings. The second-order valence-electron chi connectivity index (χ2n) is 3.75. The molecule has 1 rings (SSSR count). The molecule has 0 saturated carbocycles. The third-order valence-corrected chi connectivity index (χ3v) is 2.60. The second-order valence-corrected chi connectivity index (χ2v) is 4.40. The minimum Gasteiger partial charge on any atom is -0.479 e. The SMILES string of the molecule is CC(Cl)C(=O)c1ccc([N+](=O)[O-])cc1C(O)C(=O)O. The minimum atomic E-state index is -2.03. The van der Waals surface area contributed by atoms with Gasteiger partial charge in [0.05, 0.1) is 10.3 Å². The highest BCUT2D eigenvalue weighted by Gasteiger charge is 2.26. The summed E-state index contributed by atoms with van der Waals surface area (Å²) in [6.07, 6.45) is -2.03. The van der Waals surface area contributed by atoms with Gasteiger partial charge in [-0.3, -0.25) is 14.9 Å². The summed E-state index contributed by atoms with van der Waals surface area (Å²) in [6, 6.07) is 2.98. The number of nitrogens with zero attached hydrogens (tertiary/aromatic N) is 1. The molecule has 102 valence electrons. The molecule has 2 unspecified atom stereocenters. The lowest BCUT2D eigenvalue weighted by Gasteiger charge is -2.12. The molecule has 0 saturated heterocycles. The maximum absolute atomic E-state index is 11.8. The predicted octanol–water partition coefficient (Wildman–Crippen LogP) is 1.52. The Kier molecular flexibility index (Phi) is 4.57. The van der Waals surface area contributed by atoms with Crippen LogP contribution in [-0.4, -0.2) is 32.3 Å². The molecule has 0 heterocycles. The van der Waals surface area contributed by atoms with E-state index in [2.05, 4.69) is 0 Å². The van der Waals surface area contributed by atoms with E-state index < -0.39 is 33.8 Å². The zero-order valence-electron chi connectivity index (χ0n) is 9.74. The average molecular weight is 288 g/mol. The van der Waals surface area contributed by atoms with E-state index in [1.165, 1.54) is 6.92 Å². The van der Waals surface area contributed by atoms with E-state index in [4.69, 9.17) is 16.7 Å². The number of benzene rings is 1. The molecule has 0 aliphatic carbocycles. The van der Waals surface area contributed by atoms with Gasteiger partial charge in [0.25, 0.3) is 5.69 Å². The number of carboxylic acids is 1. The number of Topliss-reactive ketones (excluding diaryl/α,β-unsaturated/α-hetero) is 1. The molecule has 2 N–H and O–H groups in total. The summed E-state index contributed by atoms with van der Waals surface area (Å²) in [4.78, 5) is 32.4. The predicted molar refractivity (Wildman–Crippen MR) is 65.3 cm³/mol. The van der Waals surface area contributed by atoms with Crippen molar-refractivity contribution in [3.05, 3.63) is 39.4 Å². The van der Waals surface area contributed by atoms with Crippen molar-refractivity contribution in [2.24, 2.45) is 0 Å². The van der Waals surface area contributed by atoms with Crippen LogP contribution in [0.25, 0.3) is 0 Å². The van der Waals surface area contributed by atoms with Gasteiger partial charge < -0.3 is 10.2 Å². The van der Waals surface area contributed by atoms with Gasteiger partial charge in [0, 0.05) is 23.3 Å². The molecule has 2 atom stereocenters. The molecule has 0 bridgehead atoms. The molecule has 0 spiro atoms. The maximum Gasteiger partial charge on any atom is 0.337 e. The number of hydrogen-bond donors (Lipinski definition) is 2. The number of non-ortho nitro benzene ring substituents is 1. The lowest BCUT2D eigenvalue weighted by molar-refractivity contribution is -0.385. The van der Waals surface area contributed by atoms with E-state index in [1.807, 2.05) is 0 Å². The van der Waals surface area contributed by atoms with Gasteiger partial charge in [-0.05, 0) is 13.0 Å². The van der Waals surface area contributed by atoms with Crippen LogP contribution in [0.4, 0.5) is 5.69 Å². The van der Waals surface area contributed by atoms with Crippen molar-refractivity contribution in [3.8, 4) is 0 Å². The molecule has 0 amide bonds. The molecule has 7 nitrogen and oxygen atoms in total. The van der Waals surface area contributed by atoms with E-state index in [0.717, 1.165) is 18.2 Å². The van der Waals surface area contributed by atoms with Crippen LogP contribution in [0.2, 0.25) is 0 Å². The Bertz CT molecular complexity index is 542. The molecular weight excluding hydrogens is 278 g/mol. The molecular formula is C11H10ClNO6. The van der Waals surface area contributed by atoms with Crippen molar-refractivity contribution in [1.82, 2.24) is 0 Å². The number of rotatable bonds is 5. The van der Waals surface area contributed by atoms with Crippen molar-refractivity contribution in [2.45, 2.75) is 18.4 Å². The molecule has 8 heteroatoms. The number of aliphatic hydroxyl groups is 1. The highest BCUT2D eigenvalue weighted by molar-refractivity contribution is 6.33. The van der Waals surface area contributed by atoms with Crippen LogP contribution in [0.3, 0.4) is 0 Å². The normalized spacial score (nSPS) is 13.6. The second kappa shape index (κ2) is 5.77. The standard InChI is InChI=1S/C11H10ClNO6/c1-5(12)9(14)7-3-2-6(13(18)19)4-8(7)10(15)11(16)17/h2-5,10,15H,1H3,(H,16,17). The van der Waals surface area contributed by atoms with E-state index in [-0.39, 0.29) is 11.1 Å². The lowest BCUT2D eigenvalue weighted by Crippen LogP contribution is -2.19. The fraction of sp³-hybridized carbons (Fsp3) is 0.273. The van der Waals surface area contributed by atoms with Crippen LogP contribution in [0.1, 0.15) is 28.9 Å². The Morgan fingerprint density at radius 3 is 2.42 bits per heavy atom. The summed E-state index contributed by atoms with van der Waals surface area (Å²) >= 11 is 5.61. The Morgan fingerprint density at radius 1 is 1.42 bits per heavy atom. The number of alkyl halides is 1. The smallest absolute Gasteiger partial charge is 0.337 e. The number of ketones is 1. The molecule has 0 radical (unpaired) electrons. The zero-order valence-corrected chi connectivity index (χ0v) is 10.5. The zero-order chi connectivity index (χ0) is 14.7. The number of halogens is 1. The van der Waals surface area contributed by atoms with Gasteiger partial charge in [0.1, 0.15) is 0 Å². The Morgan fingerprint density at radius 2 is 2.00 bits per heavy atom. The van der Waals surface area contributed by atoms with E-state index in [1.54, 1.807) is 0 Å². The number of carboxylic acid groups (broad SMARTS) is 1. The maximum atomic E-state index is 11.8. The van der Waals surface area contributed by atoms with Gasteiger partial charge in [-0.2, -0.15) is 0 Å². The molecule has 0 aliphatic heterocycles. The minimum absolute atomic E-state index is 0.150. The van der Waals surface area contributed by atoms with Crippen LogP contribution < -0.4 is 0 Å². The van der Waals surface area contributed by atoms with E-state index >= 15 is 0 Å². The Hall–Kier alpha value is -1.99. The lowest BCUT2D eigenvalue weighted by atomic mass is 9.97. The first-order chi connectivity index (χ1) is 8.75. The average Bonchev–Trinajstić information content (AvgIpc) is 2.35. The van der Waals surface area contributed by atoms with Crippen molar-refractivity contribution in [3.63, 3.8) is 0 Å². The van der Waals surface area contributed by atoms with Gasteiger partial charge in [-0.15, -0.1) is 11.6 Å². The number of nitro groups is 1. The largest absolute Gasteiger partial charge is 0.479 e. The van der Waals surface area contributed by atoms with E-state index in [9.17, 15) is 24.8 Å². The number of carbonyl (C=O) groups is 2. The van der Waals surface area contributed by atoms with Gasteiger partial charge in [-0.1, -0.05) is 0 Å². The summed E-state index contributed by atoms with van der Waals surface area (Å²) < 4.78 is 0. The molecule has 0 aromatic heterocycles. The molecule has 1 aromatic carbocycles. The monoisotopic (exact) mass is 287 g/mol. The van der Waals surface area contributed by atoms with Crippen molar-refractivity contribution in [2.75, 3.05) is 0 Å². The van der Waals surface area contributed by atoms with Gasteiger partial charge >= 0.3 is 5.97 Å². The Balaban J connectivity index is 3.42. The number of nitro benzene ring substituents is 1. The number of aliphatic carboxylic acids is 1. The molecule has 0 aliphatic rings. The van der Waals surface area contributed by atoms with Crippen LogP contribution in [0.15, 0.2) is 18.2 Å². The van der Waals surface area contributed by atoms with Gasteiger partial charge in [0.15, 0.2) is 11.9 Å². The van der Waals surface area contributed by atoms with Gasteiger partial charge in [-0.25, -0.2) is 4.79 Å². The van der Waals surface area contributed by atoms with Crippen LogP contribution in [0.5, 0.6) is 0 Å². The Labute approximate surface area is 112 Å². The molecule has 0 fully saturated rings. The summed E-state index contributed by atoms with van der Waals surface area (Å²) in [5.74, 6) is -2.23. The number of aliphatic hydroxyl groups excluding tert-OH is 1. The first-order valence-electron chi connectivity index (χ1n) is 5.13. The van der Waals surface area contributed by atoms with Crippen LogP contribution in [0, 0.1) is 10.1 Å². The highest BCUT2D eigenvalue weighted by atomic mass is 35.5. The summed E-state index contributed by atoms with van der Waals surface area (Å²) in [5.41, 5.74) is -0.920. The fourth-order valence-electron chi connectivity index (χ4n) is 1.46. The third-order valence-electron chi connectivity index (χ3n) is 2.40. The fourth-order valence-corrected chi connectivity index (χ4v) is 1.58. The number of carbonyl (C=O) groups excluding carboxylic acids is 1. The summed E-state index contributed by atoms with van der Waals surface area (Å²) in [5, 5.41) is 27.9. The van der Waals surface area contributed by atoms with Crippen molar-refractivity contribution in [1.29, 1.82) is 0 Å².